The molecule has 1 unspecified atom stereocenters. The van der Waals surface area contributed by atoms with Crippen LogP contribution in [0.5, 0.6) is 0 Å². The topological polar surface area (TPSA) is 95.1 Å². The first-order valence-electron chi connectivity index (χ1n) is 10.1. The van der Waals surface area contributed by atoms with Gasteiger partial charge in [0.1, 0.15) is 6.54 Å². The van der Waals surface area contributed by atoms with Gasteiger partial charge in [-0.2, -0.15) is 0 Å². The fourth-order valence-electron chi connectivity index (χ4n) is 2.98. The zero-order chi connectivity index (χ0) is 21.1. The predicted molar refractivity (Wildman–Crippen MR) is 114 cm³/mol. The molecule has 0 saturated carbocycles. The lowest BCUT2D eigenvalue weighted by Gasteiger charge is -2.24. The number of hydrogen-bond acceptors (Lipinski definition) is 4. The zero-order valence-corrected chi connectivity index (χ0v) is 17.7. The number of nitrogens with zero attached hydrogens (tertiary/aromatic N) is 2. The summed E-state index contributed by atoms with van der Waals surface area (Å²) in [6.45, 7) is 2.17. The Hall–Kier alpha value is -2.61. The lowest BCUT2D eigenvalue weighted by atomic mass is 10.1. The molecule has 0 aromatic heterocycles. The summed E-state index contributed by atoms with van der Waals surface area (Å²) in [7, 11) is 5.05. The van der Waals surface area contributed by atoms with Gasteiger partial charge in [0.2, 0.25) is 5.91 Å². The predicted octanol–water partition coefficient (Wildman–Crippen LogP) is 0.781. The molecule has 0 spiro atoms. The van der Waals surface area contributed by atoms with E-state index in [0.29, 0.717) is 24.6 Å². The minimum Gasteiger partial charge on any atom is -0.376 e. The number of nitrogens with one attached hydrogen (secondary N) is 3. The lowest BCUT2D eigenvalue weighted by Crippen LogP contribution is -2.43. The molecule has 3 N–H and O–H groups in total. The van der Waals surface area contributed by atoms with Crippen molar-refractivity contribution in [3.63, 3.8) is 0 Å². The molecule has 1 aliphatic heterocycles. The van der Waals surface area contributed by atoms with Crippen molar-refractivity contribution in [2.45, 2.75) is 31.8 Å². The minimum atomic E-state index is -0.0987. The van der Waals surface area contributed by atoms with E-state index >= 15 is 0 Å². The van der Waals surface area contributed by atoms with Gasteiger partial charge in [-0.15, -0.1) is 0 Å². The molecule has 2 rings (SSSR count). The van der Waals surface area contributed by atoms with Crippen molar-refractivity contribution in [2.75, 3.05) is 47.4 Å². The Bertz CT molecular complexity index is 699. The molecule has 1 fully saturated rings. The smallest absolute Gasteiger partial charge is 0.251 e. The number of rotatable bonds is 8. The van der Waals surface area contributed by atoms with Gasteiger partial charge in [-0.05, 0) is 43.4 Å². The molecule has 1 aliphatic rings. The summed E-state index contributed by atoms with van der Waals surface area (Å²) in [6, 6.07) is 7.55. The van der Waals surface area contributed by atoms with E-state index in [-0.39, 0.29) is 24.5 Å². The van der Waals surface area contributed by atoms with Crippen molar-refractivity contribution < 1.29 is 14.3 Å². The van der Waals surface area contributed by atoms with Crippen LogP contribution in [0.2, 0.25) is 0 Å². The number of hydrogen-bond donors (Lipinski definition) is 3. The summed E-state index contributed by atoms with van der Waals surface area (Å²) in [5.41, 5.74) is 1.70. The maximum absolute atomic E-state index is 11.9. The van der Waals surface area contributed by atoms with Gasteiger partial charge < -0.3 is 25.6 Å². The first-order valence-corrected chi connectivity index (χ1v) is 10.1. The zero-order valence-electron chi connectivity index (χ0n) is 17.7. The molecule has 8 nitrogen and oxygen atoms in total. The molecule has 8 heteroatoms. The van der Waals surface area contributed by atoms with E-state index < -0.39 is 0 Å². The monoisotopic (exact) mass is 403 g/mol. The first-order chi connectivity index (χ1) is 14.0. The molecule has 1 saturated heterocycles. The quantitative estimate of drug-likeness (QED) is 0.440. The highest BCUT2D eigenvalue weighted by atomic mass is 16.5. The fraction of sp³-hybridized carbons (Fsp3) is 0.571. The second-order valence-electron chi connectivity index (χ2n) is 7.28. The van der Waals surface area contributed by atoms with Crippen LogP contribution in [-0.4, -0.2) is 76.2 Å². The van der Waals surface area contributed by atoms with Crippen molar-refractivity contribution >= 4 is 17.8 Å². The Labute approximate surface area is 173 Å². The first kappa shape index (κ1) is 22.7. The molecule has 0 aliphatic carbocycles. The number of carbonyl (C=O) groups is 2. The summed E-state index contributed by atoms with van der Waals surface area (Å²) in [6.07, 6.45) is 4.22. The van der Waals surface area contributed by atoms with Crippen molar-refractivity contribution in [3.8, 4) is 0 Å². The van der Waals surface area contributed by atoms with Crippen LogP contribution in [0.3, 0.4) is 0 Å². The fourth-order valence-corrected chi connectivity index (χ4v) is 2.98. The number of aliphatic imine (C=N–C) groups is 1. The summed E-state index contributed by atoms with van der Waals surface area (Å²) in [5, 5.41) is 9.20. The number of ether oxygens (including phenoxy) is 1. The molecule has 160 valence electrons. The van der Waals surface area contributed by atoms with Crippen molar-refractivity contribution in [1.82, 2.24) is 20.9 Å². The van der Waals surface area contributed by atoms with E-state index in [1.54, 1.807) is 27.2 Å². The highest BCUT2D eigenvalue weighted by molar-refractivity contribution is 5.94. The third-order valence-electron chi connectivity index (χ3n) is 4.76. The Balaban J connectivity index is 1.90. The van der Waals surface area contributed by atoms with Crippen molar-refractivity contribution in [3.05, 3.63) is 35.4 Å². The molecular formula is C21H33N5O3. The van der Waals surface area contributed by atoms with Gasteiger partial charge in [0.15, 0.2) is 5.96 Å². The number of carbonyl (C=O) groups excluding carboxylic acids is 2. The van der Waals surface area contributed by atoms with Crippen molar-refractivity contribution in [1.29, 1.82) is 0 Å². The average Bonchev–Trinajstić information content (AvgIpc) is 2.75. The van der Waals surface area contributed by atoms with Gasteiger partial charge in [-0.1, -0.05) is 12.1 Å². The highest BCUT2D eigenvalue weighted by Crippen LogP contribution is 2.11. The molecule has 1 atom stereocenters. The van der Waals surface area contributed by atoms with Crippen LogP contribution in [0.15, 0.2) is 29.3 Å². The number of benzene rings is 1. The molecule has 1 heterocycles. The van der Waals surface area contributed by atoms with Gasteiger partial charge in [0, 0.05) is 46.4 Å². The van der Waals surface area contributed by atoms with Crippen LogP contribution in [-0.2, 0) is 16.0 Å². The largest absolute Gasteiger partial charge is 0.376 e. The maximum Gasteiger partial charge on any atom is 0.251 e. The molecular weight excluding hydrogens is 370 g/mol. The average molecular weight is 404 g/mol. The minimum absolute atomic E-state index is 0.0571. The van der Waals surface area contributed by atoms with Crippen LogP contribution < -0.4 is 16.0 Å². The summed E-state index contributed by atoms with van der Waals surface area (Å²) < 4.78 is 5.75. The molecule has 0 radical (unpaired) electrons. The third-order valence-corrected chi connectivity index (χ3v) is 4.76. The van der Waals surface area contributed by atoms with Crippen LogP contribution in [0.1, 0.15) is 35.2 Å². The summed E-state index contributed by atoms with van der Waals surface area (Å²) >= 11 is 0. The lowest BCUT2D eigenvalue weighted by molar-refractivity contribution is -0.127. The number of amides is 2. The van der Waals surface area contributed by atoms with E-state index in [9.17, 15) is 9.59 Å². The Morgan fingerprint density at radius 3 is 2.76 bits per heavy atom. The number of guanidine groups is 1. The van der Waals surface area contributed by atoms with Gasteiger partial charge >= 0.3 is 0 Å². The van der Waals surface area contributed by atoms with Gasteiger partial charge in [0.25, 0.3) is 5.91 Å². The Morgan fingerprint density at radius 2 is 2.07 bits per heavy atom. The summed E-state index contributed by atoms with van der Waals surface area (Å²) in [4.78, 5) is 29.6. The molecule has 1 aromatic rings. The van der Waals surface area contributed by atoms with Gasteiger partial charge in [0.05, 0.1) is 6.10 Å². The van der Waals surface area contributed by atoms with Crippen LogP contribution >= 0.6 is 0 Å². The van der Waals surface area contributed by atoms with E-state index in [2.05, 4.69) is 20.9 Å². The van der Waals surface area contributed by atoms with Gasteiger partial charge in [-0.3, -0.25) is 9.59 Å². The molecule has 0 bridgehead atoms. The molecule has 2 amide bonds. The van der Waals surface area contributed by atoms with Crippen LogP contribution in [0.25, 0.3) is 0 Å². The second kappa shape index (κ2) is 12.1. The van der Waals surface area contributed by atoms with E-state index in [4.69, 9.17) is 4.74 Å². The standard InChI is InChI=1S/C21H33N5O3/c1-22-20(28)17-8-6-7-16(13-17)10-11-23-21(25-15-19(27)26(2)3)24-14-18-9-4-5-12-29-18/h6-8,13,18H,4-5,9-12,14-15H2,1-3H3,(H,22,28)(H2,23,24,25). The SMILES string of the molecule is CNC(=O)c1cccc(CCNC(=NCC(=O)N(C)C)NCC2CCCCO2)c1. The Morgan fingerprint density at radius 1 is 1.24 bits per heavy atom. The third kappa shape index (κ3) is 8.11. The summed E-state index contributed by atoms with van der Waals surface area (Å²) in [5.74, 6) is 0.438. The van der Waals surface area contributed by atoms with Gasteiger partial charge in [-0.25, -0.2) is 4.99 Å². The van der Waals surface area contributed by atoms with E-state index in [0.717, 1.165) is 31.4 Å². The van der Waals surface area contributed by atoms with Crippen LogP contribution in [0, 0.1) is 0 Å². The number of likely N-dealkylation sites (N-methyl/N-ethyl adjacent to an activating group) is 1. The van der Waals surface area contributed by atoms with E-state index in [1.165, 1.54) is 11.3 Å². The highest BCUT2D eigenvalue weighted by Gasteiger charge is 2.14. The molecule has 29 heavy (non-hydrogen) atoms. The van der Waals surface area contributed by atoms with Crippen molar-refractivity contribution in [2.24, 2.45) is 4.99 Å². The van der Waals surface area contributed by atoms with E-state index in [1.807, 2.05) is 18.2 Å². The Kier molecular flexibility index (Phi) is 9.43. The van der Waals surface area contributed by atoms with Crippen LogP contribution in [0.4, 0.5) is 0 Å². The maximum atomic E-state index is 11.9. The molecule has 1 aromatic carbocycles. The second-order valence-corrected chi connectivity index (χ2v) is 7.28. The normalized spacial score (nSPS) is 16.8.